The zero-order valence-corrected chi connectivity index (χ0v) is 19.4. The van der Waals surface area contributed by atoms with E-state index < -0.39 is 0 Å². The van der Waals surface area contributed by atoms with Crippen LogP contribution in [0.4, 0.5) is 11.5 Å². The Labute approximate surface area is 195 Å². The van der Waals surface area contributed by atoms with Crippen LogP contribution in [-0.2, 0) is 27.3 Å². The number of amides is 2. The van der Waals surface area contributed by atoms with Crippen molar-refractivity contribution in [1.29, 1.82) is 0 Å². The third-order valence-electron chi connectivity index (χ3n) is 7.55. The summed E-state index contributed by atoms with van der Waals surface area (Å²) in [6.07, 6.45) is 11.2. The number of pyridine rings is 1. The van der Waals surface area contributed by atoms with Gasteiger partial charge in [0.15, 0.2) is 5.82 Å². The number of hydrogen-bond donors (Lipinski definition) is 1. The van der Waals surface area contributed by atoms with E-state index >= 15 is 0 Å². The zero-order valence-electron chi connectivity index (χ0n) is 19.4. The van der Waals surface area contributed by atoms with Crippen LogP contribution in [0, 0.1) is 18.3 Å². The Balaban J connectivity index is 1.44. The van der Waals surface area contributed by atoms with E-state index in [1.165, 1.54) is 5.56 Å². The molecule has 0 spiro atoms. The molecule has 0 unspecified atom stereocenters. The van der Waals surface area contributed by atoms with Crippen molar-refractivity contribution in [2.75, 3.05) is 50.5 Å². The molecule has 8 heteroatoms. The molecule has 0 bridgehead atoms. The average molecular weight is 452 g/mol. The van der Waals surface area contributed by atoms with Gasteiger partial charge in [-0.2, -0.15) is 0 Å². The summed E-state index contributed by atoms with van der Waals surface area (Å²) in [6, 6.07) is 0.184. The number of nitrogens with two attached hydrogens (primary N) is 1. The molecule has 2 aliphatic carbocycles. The van der Waals surface area contributed by atoms with Gasteiger partial charge in [0.1, 0.15) is 0 Å². The number of nitrogen functional groups attached to an aromatic ring is 1. The van der Waals surface area contributed by atoms with E-state index in [-0.39, 0.29) is 17.9 Å². The number of carbonyl (C=O) groups is 2. The van der Waals surface area contributed by atoms with E-state index in [9.17, 15) is 9.59 Å². The Bertz CT molecular complexity index is 995. The number of aromatic nitrogens is 1. The summed E-state index contributed by atoms with van der Waals surface area (Å²) >= 11 is 0. The molecule has 1 saturated heterocycles. The predicted molar refractivity (Wildman–Crippen MR) is 126 cm³/mol. The monoisotopic (exact) mass is 451 g/mol. The molecule has 0 radical (unpaired) electrons. The standard InChI is InChI=1S/C25H33N5O3/c1-3-21(31)28-10-8-18-19(14-28)23(26)25(27-24(18)17-6-7-17)29-11-12-30(22(32)9-13-33-2)20(15-29)16-4-5-16/h1,16-17,20H,4-15,26H2,2H3/t20-/m0/s1. The van der Waals surface area contributed by atoms with Crippen molar-refractivity contribution in [3.63, 3.8) is 0 Å². The number of nitrogens with zero attached hydrogens (tertiary/aromatic N) is 4. The smallest absolute Gasteiger partial charge is 0.298 e. The lowest BCUT2D eigenvalue weighted by Gasteiger charge is -2.43. The van der Waals surface area contributed by atoms with Crippen molar-refractivity contribution < 1.29 is 14.3 Å². The van der Waals surface area contributed by atoms with Gasteiger partial charge in [0, 0.05) is 57.0 Å². The number of fused-ring (bicyclic) bond motifs is 1. The molecule has 2 N–H and O–H groups in total. The number of piperazine rings is 1. The number of ether oxygens (including phenoxy) is 1. The first kappa shape index (κ1) is 22.0. The number of carbonyl (C=O) groups excluding carboxylic acids is 2. The van der Waals surface area contributed by atoms with E-state index in [1.807, 2.05) is 0 Å². The first-order valence-electron chi connectivity index (χ1n) is 12.1. The molecule has 2 aliphatic heterocycles. The van der Waals surface area contributed by atoms with Gasteiger partial charge in [0.25, 0.3) is 5.91 Å². The van der Waals surface area contributed by atoms with Crippen molar-refractivity contribution in [2.45, 2.75) is 57.0 Å². The lowest BCUT2D eigenvalue weighted by Crippen LogP contribution is -2.56. The fraction of sp³-hybridized carbons (Fsp3) is 0.640. The zero-order chi connectivity index (χ0) is 23.1. The van der Waals surface area contributed by atoms with Crippen molar-refractivity contribution in [1.82, 2.24) is 14.8 Å². The highest BCUT2D eigenvalue weighted by Gasteiger charge is 2.42. The summed E-state index contributed by atoms with van der Waals surface area (Å²) in [7, 11) is 1.63. The molecule has 4 aliphatic rings. The number of terminal acetylenes is 1. The molecule has 33 heavy (non-hydrogen) atoms. The largest absolute Gasteiger partial charge is 0.395 e. The van der Waals surface area contributed by atoms with Gasteiger partial charge in [0.2, 0.25) is 5.91 Å². The second-order valence-corrected chi connectivity index (χ2v) is 9.77. The van der Waals surface area contributed by atoms with Crippen LogP contribution in [0.5, 0.6) is 0 Å². The van der Waals surface area contributed by atoms with Crippen LogP contribution < -0.4 is 10.6 Å². The molecule has 0 aromatic carbocycles. The molecular formula is C25H33N5O3. The SMILES string of the molecule is C#CC(=O)N1CCc2c(C3CC3)nc(N3CCN(C(=O)CCOC)[C@H](C4CC4)C3)c(N)c2C1. The van der Waals surface area contributed by atoms with Gasteiger partial charge in [-0.05, 0) is 49.5 Å². The molecule has 1 atom stereocenters. The van der Waals surface area contributed by atoms with Crippen molar-refractivity contribution in [3.05, 3.63) is 16.8 Å². The minimum Gasteiger partial charge on any atom is -0.395 e. The van der Waals surface area contributed by atoms with Crippen LogP contribution in [0.25, 0.3) is 0 Å². The summed E-state index contributed by atoms with van der Waals surface area (Å²) in [5.74, 6) is 3.98. The van der Waals surface area contributed by atoms with Crippen molar-refractivity contribution >= 4 is 23.3 Å². The van der Waals surface area contributed by atoms with Crippen molar-refractivity contribution in [2.24, 2.45) is 5.92 Å². The predicted octanol–water partition coefficient (Wildman–Crippen LogP) is 1.52. The fourth-order valence-electron chi connectivity index (χ4n) is 5.40. The molecule has 2 amide bonds. The first-order valence-corrected chi connectivity index (χ1v) is 12.1. The van der Waals surface area contributed by atoms with Gasteiger partial charge in [0.05, 0.1) is 24.8 Å². The maximum atomic E-state index is 12.8. The third kappa shape index (κ3) is 4.26. The Morgan fingerprint density at radius 2 is 1.97 bits per heavy atom. The lowest BCUT2D eigenvalue weighted by molar-refractivity contribution is -0.135. The topological polar surface area (TPSA) is 92.0 Å². The van der Waals surface area contributed by atoms with Crippen LogP contribution in [0.1, 0.15) is 54.8 Å². The minimum atomic E-state index is -0.289. The molecule has 5 rings (SSSR count). The quantitative estimate of drug-likeness (QED) is 0.660. The Hall–Kier alpha value is -2.79. The third-order valence-corrected chi connectivity index (χ3v) is 7.55. The van der Waals surface area contributed by atoms with Crippen LogP contribution in [0.15, 0.2) is 0 Å². The second kappa shape index (κ2) is 8.86. The van der Waals surface area contributed by atoms with E-state index in [0.717, 1.165) is 55.7 Å². The number of rotatable bonds is 6. The fourth-order valence-corrected chi connectivity index (χ4v) is 5.40. The van der Waals surface area contributed by atoms with E-state index in [2.05, 4.69) is 15.7 Å². The molecule has 3 fully saturated rings. The molecule has 176 valence electrons. The van der Waals surface area contributed by atoms with Gasteiger partial charge in [-0.3, -0.25) is 9.59 Å². The highest BCUT2D eigenvalue weighted by Crippen LogP contribution is 2.46. The van der Waals surface area contributed by atoms with Gasteiger partial charge in [-0.15, -0.1) is 6.42 Å². The number of methoxy groups -OCH3 is 1. The highest BCUT2D eigenvalue weighted by molar-refractivity contribution is 5.93. The van der Waals surface area contributed by atoms with Crippen LogP contribution in [-0.4, -0.2) is 72.5 Å². The number of hydrogen-bond acceptors (Lipinski definition) is 6. The Kier molecular flexibility index (Phi) is 5.92. The first-order chi connectivity index (χ1) is 16.0. The van der Waals surface area contributed by atoms with Gasteiger partial charge in [-0.25, -0.2) is 4.98 Å². The Morgan fingerprint density at radius 1 is 1.18 bits per heavy atom. The van der Waals surface area contributed by atoms with Gasteiger partial charge >= 0.3 is 0 Å². The van der Waals surface area contributed by atoms with E-state index in [0.29, 0.717) is 56.7 Å². The Morgan fingerprint density at radius 3 is 2.64 bits per heavy atom. The maximum absolute atomic E-state index is 12.8. The van der Waals surface area contributed by atoms with Crippen LogP contribution >= 0.6 is 0 Å². The minimum absolute atomic E-state index is 0.168. The summed E-state index contributed by atoms with van der Waals surface area (Å²) < 4.78 is 5.12. The van der Waals surface area contributed by atoms with Crippen molar-refractivity contribution in [3.8, 4) is 12.3 Å². The molecule has 3 heterocycles. The van der Waals surface area contributed by atoms with Gasteiger partial charge < -0.3 is 25.2 Å². The summed E-state index contributed by atoms with van der Waals surface area (Å²) in [5, 5.41) is 0. The maximum Gasteiger partial charge on any atom is 0.298 e. The normalized spacial score (nSPS) is 22.7. The van der Waals surface area contributed by atoms with Crippen LogP contribution in [0.2, 0.25) is 0 Å². The molecular weight excluding hydrogens is 418 g/mol. The summed E-state index contributed by atoms with van der Waals surface area (Å²) in [5.41, 5.74) is 10.8. The van der Waals surface area contributed by atoms with E-state index in [1.54, 1.807) is 12.0 Å². The van der Waals surface area contributed by atoms with E-state index in [4.69, 9.17) is 21.9 Å². The molecule has 1 aromatic heterocycles. The molecule has 2 saturated carbocycles. The molecule has 8 nitrogen and oxygen atoms in total. The average Bonchev–Trinajstić information content (AvgIpc) is 3.75. The molecule has 1 aromatic rings. The summed E-state index contributed by atoms with van der Waals surface area (Å²) in [4.78, 5) is 36.2. The second-order valence-electron chi connectivity index (χ2n) is 9.77. The lowest BCUT2D eigenvalue weighted by atomic mass is 9.94. The highest BCUT2D eigenvalue weighted by atomic mass is 16.5. The summed E-state index contributed by atoms with van der Waals surface area (Å²) in [6.45, 7) is 3.63. The van der Waals surface area contributed by atoms with Gasteiger partial charge in [-0.1, -0.05) is 0 Å². The number of anilines is 2. The van der Waals surface area contributed by atoms with Crippen LogP contribution in [0.3, 0.4) is 0 Å².